The topological polar surface area (TPSA) is 58.1 Å². The van der Waals surface area contributed by atoms with Crippen LogP contribution in [0.4, 0.5) is 10.1 Å². The quantitative estimate of drug-likeness (QED) is 0.225. The summed E-state index contributed by atoms with van der Waals surface area (Å²) in [6.45, 7) is 0.447. The van der Waals surface area contributed by atoms with Crippen LogP contribution in [0.1, 0.15) is 71.6 Å². The summed E-state index contributed by atoms with van der Waals surface area (Å²) in [5.41, 5.74) is 5.61. The lowest BCUT2D eigenvalue weighted by atomic mass is 10.1. The van der Waals surface area contributed by atoms with E-state index in [2.05, 4.69) is 45.0 Å². The van der Waals surface area contributed by atoms with E-state index in [-0.39, 0.29) is 29.6 Å². The molecule has 3 unspecified atom stereocenters. The second kappa shape index (κ2) is 10.8. The number of hydrogen-bond donors (Lipinski definition) is 1. The number of fused-ring (bicyclic) bond motifs is 1. The number of rotatable bonds is 9. The number of nitrogens with one attached hydrogen (secondary N) is 1. The van der Waals surface area contributed by atoms with Gasteiger partial charge in [0.2, 0.25) is 5.91 Å². The summed E-state index contributed by atoms with van der Waals surface area (Å²) in [6.07, 6.45) is 8.95. The van der Waals surface area contributed by atoms with Crippen LogP contribution in [0.3, 0.4) is 0 Å². The number of amides is 1. The molecule has 1 aromatic heterocycles. The molecule has 0 aliphatic heterocycles. The van der Waals surface area contributed by atoms with Crippen molar-refractivity contribution in [2.75, 3.05) is 4.90 Å². The number of nitrogens with zero attached hydrogens (tertiary/aromatic N) is 3. The molecule has 3 aliphatic rings. The minimum absolute atomic E-state index is 0.0229. The summed E-state index contributed by atoms with van der Waals surface area (Å²) in [4.78, 5) is 26.2. The number of anilines is 1. The molecule has 0 radical (unpaired) electrons. The largest absolute Gasteiger partial charge is 0.308 e. The van der Waals surface area contributed by atoms with Gasteiger partial charge in [0.25, 0.3) is 0 Å². The van der Waals surface area contributed by atoms with Gasteiger partial charge in [0, 0.05) is 46.4 Å². The van der Waals surface area contributed by atoms with Gasteiger partial charge in [-0.05, 0) is 103 Å². The Balaban J connectivity index is 1.14. The van der Waals surface area contributed by atoms with Crippen LogP contribution in [0.2, 0.25) is 0 Å². The lowest BCUT2D eigenvalue weighted by Crippen LogP contribution is -2.32. The summed E-state index contributed by atoms with van der Waals surface area (Å²) in [6, 6.07) is 23.5. The molecular weight excluding hydrogens is 519 g/mol. The summed E-state index contributed by atoms with van der Waals surface area (Å²) >= 11 is 1.52. The fraction of sp³-hybridized carbons (Fsp3) is 0.303. The molecular formula is C33H31FN4OS. The first-order valence-corrected chi connectivity index (χ1v) is 14.9. The van der Waals surface area contributed by atoms with Crippen molar-refractivity contribution in [1.29, 1.82) is 0 Å². The van der Waals surface area contributed by atoms with Gasteiger partial charge in [0.15, 0.2) is 0 Å². The normalized spacial score (nSPS) is 21.2. The monoisotopic (exact) mass is 550 g/mol. The molecule has 0 bridgehead atoms. The molecule has 1 N–H and O–H groups in total. The van der Waals surface area contributed by atoms with Crippen molar-refractivity contribution in [3.63, 3.8) is 0 Å². The first-order valence-electron chi connectivity index (χ1n) is 14.1. The predicted octanol–water partition coefficient (Wildman–Crippen LogP) is 7.11. The Bertz CT molecular complexity index is 1510. The Kier molecular flexibility index (Phi) is 6.86. The maximum atomic E-state index is 14.0. The number of benzene rings is 3. The molecule has 0 spiro atoms. The molecule has 202 valence electrons. The summed E-state index contributed by atoms with van der Waals surface area (Å²) in [7, 11) is 0. The van der Waals surface area contributed by atoms with E-state index in [1.54, 1.807) is 12.1 Å². The zero-order valence-corrected chi connectivity index (χ0v) is 23.0. The number of aromatic nitrogens is 2. The fourth-order valence-corrected chi connectivity index (χ4v) is 6.53. The number of halogens is 1. The fourth-order valence-electron chi connectivity index (χ4n) is 5.74. The van der Waals surface area contributed by atoms with E-state index in [4.69, 9.17) is 0 Å². The van der Waals surface area contributed by atoms with Crippen molar-refractivity contribution in [3.05, 3.63) is 119 Å². The third-order valence-electron chi connectivity index (χ3n) is 8.26. The Hall–Kier alpha value is -3.55. The molecule has 4 aromatic rings. The molecule has 5 nitrogen and oxygen atoms in total. The zero-order chi connectivity index (χ0) is 27.1. The van der Waals surface area contributed by atoms with Crippen LogP contribution < -0.4 is 9.62 Å². The number of carbonyl (C=O) groups excluding carboxylic acids is 1. The maximum absolute atomic E-state index is 14.0. The zero-order valence-electron chi connectivity index (χ0n) is 22.2. The van der Waals surface area contributed by atoms with E-state index in [1.807, 2.05) is 35.5 Å². The highest BCUT2D eigenvalue weighted by molar-refractivity contribution is 7.97. The molecule has 7 heteroatoms. The average Bonchev–Trinajstić information content (AvgIpc) is 3.93. The number of carbonyl (C=O) groups is 1. The van der Waals surface area contributed by atoms with Gasteiger partial charge < -0.3 is 4.90 Å². The van der Waals surface area contributed by atoms with Gasteiger partial charge in [-0.15, -0.1) is 0 Å². The first kappa shape index (κ1) is 25.4. The van der Waals surface area contributed by atoms with Gasteiger partial charge in [-0.25, -0.2) is 14.4 Å². The van der Waals surface area contributed by atoms with E-state index >= 15 is 0 Å². The van der Waals surface area contributed by atoms with Crippen molar-refractivity contribution in [2.45, 2.75) is 61.4 Å². The van der Waals surface area contributed by atoms with Gasteiger partial charge in [0.05, 0.1) is 6.54 Å². The van der Waals surface area contributed by atoms with Crippen LogP contribution in [0.25, 0.3) is 0 Å². The smallest absolute Gasteiger partial charge is 0.231 e. The molecule has 1 heterocycles. The standard InChI is InChI=1S/C33H31FN4OS/c34-25-10-13-27(14-11-25)40-37-31-15-9-23-8-12-26(16-29(23)31)38(20-21-18-35-32(36-19-21)24-6-7-24)33(39)30-17-28(30)22-4-2-1-3-5-22/h1-5,8,10-14,16,18-19,24,28,30-31,37H,6-7,9,15,17,20H2. The van der Waals surface area contributed by atoms with Crippen LogP contribution in [0, 0.1) is 11.7 Å². The Morgan fingerprint density at radius 1 is 0.975 bits per heavy atom. The highest BCUT2D eigenvalue weighted by atomic mass is 32.2. The van der Waals surface area contributed by atoms with Crippen LogP contribution in [-0.2, 0) is 17.8 Å². The molecule has 3 aromatic carbocycles. The maximum Gasteiger partial charge on any atom is 0.231 e. The third kappa shape index (κ3) is 5.40. The highest BCUT2D eigenvalue weighted by Crippen LogP contribution is 2.49. The van der Waals surface area contributed by atoms with E-state index in [1.165, 1.54) is 40.8 Å². The summed E-state index contributed by atoms with van der Waals surface area (Å²) in [5, 5.41) is 0. The van der Waals surface area contributed by atoms with Crippen LogP contribution in [0.5, 0.6) is 0 Å². The Labute approximate surface area is 238 Å². The molecule has 7 rings (SSSR count). The van der Waals surface area contributed by atoms with E-state index in [0.29, 0.717) is 12.5 Å². The van der Waals surface area contributed by atoms with Crippen molar-refractivity contribution in [2.24, 2.45) is 5.92 Å². The first-order chi connectivity index (χ1) is 19.6. The second-order valence-corrected chi connectivity index (χ2v) is 12.1. The number of hydrogen-bond acceptors (Lipinski definition) is 5. The van der Waals surface area contributed by atoms with E-state index in [9.17, 15) is 9.18 Å². The highest BCUT2D eigenvalue weighted by Gasteiger charge is 2.46. The van der Waals surface area contributed by atoms with E-state index < -0.39 is 0 Å². The SMILES string of the molecule is O=C(C1CC1c1ccccc1)N(Cc1cnc(C2CC2)nc1)c1ccc2c(c1)C(NSc1ccc(F)cc1)CC2. The predicted molar refractivity (Wildman–Crippen MR) is 155 cm³/mol. The van der Waals surface area contributed by atoms with Gasteiger partial charge >= 0.3 is 0 Å². The van der Waals surface area contributed by atoms with Crippen molar-refractivity contribution in [1.82, 2.24) is 14.7 Å². The van der Waals surface area contributed by atoms with Gasteiger partial charge in [-0.2, -0.15) is 0 Å². The molecule has 40 heavy (non-hydrogen) atoms. The number of aryl methyl sites for hydroxylation is 1. The van der Waals surface area contributed by atoms with Crippen molar-refractivity contribution < 1.29 is 9.18 Å². The summed E-state index contributed by atoms with van der Waals surface area (Å²) < 4.78 is 16.9. The molecule has 2 fully saturated rings. The lowest BCUT2D eigenvalue weighted by Gasteiger charge is -2.25. The molecule has 0 saturated heterocycles. The molecule has 3 atom stereocenters. The van der Waals surface area contributed by atoms with Crippen molar-refractivity contribution in [3.8, 4) is 0 Å². The van der Waals surface area contributed by atoms with Crippen LogP contribution in [0.15, 0.2) is 90.1 Å². The molecule has 2 saturated carbocycles. The Morgan fingerprint density at radius 2 is 1.75 bits per heavy atom. The van der Waals surface area contributed by atoms with Gasteiger partial charge in [-0.3, -0.25) is 9.52 Å². The van der Waals surface area contributed by atoms with Crippen LogP contribution >= 0.6 is 11.9 Å². The molecule has 1 amide bonds. The van der Waals surface area contributed by atoms with Crippen molar-refractivity contribution >= 4 is 23.5 Å². The minimum atomic E-state index is -0.234. The minimum Gasteiger partial charge on any atom is -0.308 e. The van der Waals surface area contributed by atoms with Gasteiger partial charge in [-0.1, -0.05) is 36.4 Å². The third-order valence-corrected chi connectivity index (χ3v) is 9.17. The lowest BCUT2D eigenvalue weighted by molar-refractivity contribution is -0.120. The Morgan fingerprint density at radius 3 is 2.50 bits per heavy atom. The second-order valence-electron chi connectivity index (χ2n) is 11.2. The van der Waals surface area contributed by atoms with E-state index in [0.717, 1.165) is 54.1 Å². The molecule has 3 aliphatic carbocycles. The average molecular weight is 551 g/mol. The summed E-state index contributed by atoms with van der Waals surface area (Å²) in [5.74, 6) is 1.58. The van der Waals surface area contributed by atoms with Crippen LogP contribution in [-0.4, -0.2) is 15.9 Å². The van der Waals surface area contributed by atoms with Gasteiger partial charge in [0.1, 0.15) is 11.6 Å².